The summed E-state index contributed by atoms with van der Waals surface area (Å²) in [7, 11) is 0. The van der Waals surface area contributed by atoms with Gasteiger partial charge in [-0.15, -0.1) is 0 Å². The maximum atomic E-state index is 14.5. The normalized spacial score (nSPS) is 11.0. The second kappa shape index (κ2) is 6.22. The molecule has 0 spiro atoms. The Morgan fingerprint density at radius 2 is 1.77 bits per heavy atom. The number of hydrogen-bond acceptors (Lipinski definition) is 1. The number of alkyl halides is 1. The van der Waals surface area contributed by atoms with E-state index in [-0.39, 0.29) is 12.5 Å². The van der Waals surface area contributed by atoms with Gasteiger partial charge in [0.05, 0.1) is 18.1 Å². The van der Waals surface area contributed by atoms with Crippen LogP contribution in [0, 0.1) is 5.82 Å². The fourth-order valence-corrected chi connectivity index (χ4v) is 2.72. The lowest BCUT2D eigenvalue weighted by molar-refractivity contribution is 0.495. The van der Waals surface area contributed by atoms with Crippen LogP contribution in [-0.2, 0) is 12.8 Å². The molecule has 2 aromatic carbocycles. The zero-order valence-electron chi connectivity index (χ0n) is 12.4. The lowest BCUT2D eigenvalue weighted by Gasteiger charge is -2.11. The van der Waals surface area contributed by atoms with Gasteiger partial charge in [-0.1, -0.05) is 49.4 Å². The van der Waals surface area contributed by atoms with Gasteiger partial charge in [-0.25, -0.2) is 9.37 Å². The molecule has 0 unspecified atom stereocenters. The van der Waals surface area contributed by atoms with Gasteiger partial charge in [-0.2, -0.15) is 0 Å². The molecule has 0 atom stereocenters. The number of hydrogen-bond donors (Lipinski definition) is 0. The summed E-state index contributed by atoms with van der Waals surface area (Å²) in [5.74, 6) is -0.248. The number of aryl methyl sites for hydroxylation is 2. The second-order valence-electron chi connectivity index (χ2n) is 5.26. The highest BCUT2D eigenvalue weighted by Gasteiger charge is 2.14. The van der Waals surface area contributed by atoms with E-state index in [1.165, 1.54) is 0 Å². The van der Waals surface area contributed by atoms with Gasteiger partial charge in [0, 0.05) is 22.8 Å². The van der Waals surface area contributed by atoms with E-state index in [2.05, 4.69) is 4.98 Å². The summed E-state index contributed by atoms with van der Waals surface area (Å²) in [6.45, 7) is 1.50. The average molecular weight is 297 g/mol. The maximum absolute atomic E-state index is 14.5. The van der Waals surface area contributed by atoms with Crippen LogP contribution in [0.5, 0.6) is 0 Å². The van der Waals surface area contributed by atoms with Crippen LogP contribution in [0.3, 0.4) is 0 Å². The highest BCUT2D eigenvalue weighted by atomic mass is 19.1. The first-order valence-electron chi connectivity index (χ1n) is 7.47. The van der Waals surface area contributed by atoms with E-state index in [0.29, 0.717) is 23.9 Å². The first-order valence-corrected chi connectivity index (χ1v) is 7.47. The number of aromatic nitrogens is 1. The Hall–Kier alpha value is -2.29. The molecule has 0 fully saturated rings. The Kier molecular flexibility index (Phi) is 4.14. The Morgan fingerprint density at radius 3 is 2.50 bits per heavy atom. The molecule has 1 aromatic heterocycles. The Balaban J connectivity index is 2.26. The molecular weight excluding hydrogens is 280 g/mol. The number of nitrogens with zero attached hydrogens (tertiary/aromatic N) is 1. The topological polar surface area (TPSA) is 12.9 Å². The number of rotatable bonds is 4. The lowest BCUT2D eigenvalue weighted by atomic mass is 10.00. The highest BCUT2D eigenvalue weighted by molar-refractivity contribution is 5.95. The first kappa shape index (κ1) is 14.6. The predicted octanol–water partition coefficient (Wildman–Crippen LogP) is 5.12. The van der Waals surface area contributed by atoms with E-state index in [1.807, 2.05) is 49.4 Å². The summed E-state index contributed by atoms with van der Waals surface area (Å²) in [5, 5.41) is 1.37. The third-order valence-electron chi connectivity index (χ3n) is 3.84. The molecule has 112 valence electrons. The van der Waals surface area contributed by atoms with Crippen LogP contribution in [0.1, 0.15) is 18.2 Å². The Labute approximate surface area is 128 Å². The van der Waals surface area contributed by atoms with Gasteiger partial charge < -0.3 is 0 Å². The van der Waals surface area contributed by atoms with E-state index < -0.39 is 0 Å². The van der Waals surface area contributed by atoms with Gasteiger partial charge in [0.1, 0.15) is 0 Å². The Bertz CT molecular complexity index is 812. The molecule has 1 nitrogen and oxygen atoms in total. The smallest absolute Gasteiger partial charge is 0.152 e. The Morgan fingerprint density at radius 1 is 1.00 bits per heavy atom. The third-order valence-corrected chi connectivity index (χ3v) is 3.84. The minimum absolute atomic E-state index is 0.248. The molecular formula is C19H17F2N. The number of pyridine rings is 1. The molecule has 1 heterocycles. The minimum atomic E-state index is -0.388. The van der Waals surface area contributed by atoms with E-state index in [1.54, 1.807) is 6.07 Å². The van der Waals surface area contributed by atoms with Crippen molar-refractivity contribution in [1.82, 2.24) is 4.98 Å². The van der Waals surface area contributed by atoms with Gasteiger partial charge in [0.15, 0.2) is 5.82 Å². The monoisotopic (exact) mass is 297 g/mol. The molecule has 3 heteroatoms. The number of halogens is 2. The summed E-state index contributed by atoms with van der Waals surface area (Å²) in [4.78, 5) is 4.52. The molecule has 0 bridgehead atoms. The largest absolute Gasteiger partial charge is 0.251 e. The number of fused-ring (bicyclic) bond motifs is 1. The van der Waals surface area contributed by atoms with Crippen molar-refractivity contribution in [3.8, 4) is 11.3 Å². The van der Waals surface area contributed by atoms with Crippen LogP contribution >= 0.6 is 0 Å². The van der Waals surface area contributed by atoms with E-state index in [9.17, 15) is 8.78 Å². The molecule has 0 N–H and O–H groups in total. The first-order chi connectivity index (χ1) is 10.7. The van der Waals surface area contributed by atoms with Crippen molar-refractivity contribution in [3.63, 3.8) is 0 Å². The molecule has 0 radical (unpaired) electrons. The molecule has 0 amide bonds. The van der Waals surface area contributed by atoms with Gasteiger partial charge in [-0.3, -0.25) is 4.39 Å². The standard InChI is InChI=1S/C19H17F2N/c1-2-17-18(21)15-8-3-4-9-16(15)19(22-17)14-7-5-6-13(12-14)10-11-20/h3-9,12H,2,10-11H2,1H3. The van der Waals surface area contributed by atoms with Crippen molar-refractivity contribution >= 4 is 10.8 Å². The SMILES string of the molecule is CCc1nc(-c2cccc(CCF)c2)c2ccccc2c1F. The van der Waals surface area contributed by atoms with Crippen molar-refractivity contribution in [1.29, 1.82) is 0 Å². The highest BCUT2D eigenvalue weighted by Crippen LogP contribution is 2.30. The minimum Gasteiger partial charge on any atom is -0.251 e. The zero-order valence-corrected chi connectivity index (χ0v) is 12.4. The summed E-state index contributed by atoms with van der Waals surface area (Å²) in [6.07, 6.45) is 0.918. The quantitative estimate of drug-likeness (QED) is 0.651. The zero-order chi connectivity index (χ0) is 15.5. The number of benzene rings is 2. The summed E-state index contributed by atoms with van der Waals surface area (Å²) < 4.78 is 27.0. The molecule has 0 aliphatic heterocycles. The predicted molar refractivity (Wildman–Crippen MR) is 86.2 cm³/mol. The third kappa shape index (κ3) is 2.59. The molecule has 0 saturated heterocycles. The van der Waals surface area contributed by atoms with Crippen LogP contribution in [0.2, 0.25) is 0 Å². The van der Waals surface area contributed by atoms with Crippen molar-refractivity contribution in [3.05, 3.63) is 65.6 Å². The van der Waals surface area contributed by atoms with Gasteiger partial charge >= 0.3 is 0 Å². The fourth-order valence-electron chi connectivity index (χ4n) is 2.72. The molecule has 22 heavy (non-hydrogen) atoms. The summed E-state index contributed by atoms with van der Waals surface area (Å²) in [5.41, 5.74) is 3.05. The average Bonchev–Trinajstić information content (AvgIpc) is 2.56. The lowest BCUT2D eigenvalue weighted by Crippen LogP contribution is -1.99. The molecule has 0 aliphatic rings. The van der Waals surface area contributed by atoms with Crippen LogP contribution in [0.15, 0.2) is 48.5 Å². The van der Waals surface area contributed by atoms with Crippen molar-refractivity contribution in [2.75, 3.05) is 6.67 Å². The van der Waals surface area contributed by atoms with Crippen LogP contribution in [0.4, 0.5) is 8.78 Å². The van der Waals surface area contributed by atoms with Crippen LogP contribution < -0.4 is 0 Å². The molecule has 0 saturated carbocycles. The van der Waals surface area contributed by atoms with Crippen molar-refractivity contribution in [2.45, 2.75) is 19.8 Å². The van der Waals surface area contributed by atoms with E-state index in [4.69, 9.17) is 0 Å². The van der Waals surface area contributed by atoms with Gasteiger partial charge in [0.25, 0.3) is 0 Å². The summed E-state index contributed by atoms with van der Waals surface area (Å²) >= 11 is 0. The van der Waals surface area contributed by atoms with Gasteiger partial charge in [-0.05, 0) is 18.1 Å². The van der Waals surface area contributed by atoms with Crippen molar-refractivity contribution < 1.29 is 8.78 Å². The van der Waals surface area contributed by atoms with Crippen LogP contribution in [0.25, 0.3) is 22.0 Å². The fraction of sp³-hybridized carbons (Fsp3) is 0.211. The molecule has 0 aliphatic carbocycles. The maximum Gasteiger partial charge on any atom is 0.152 e. The van der Waals surface area contributed by atoms with Crippen molar-refractivity contribution in [2.24, 2.45) is 0 Å². The molecule has 3 rings (SSSR count). The van der Waals surface area contributed by atoms with Crippen LogP contribution in [-0.4, -0.2) is 11.7 Å². The van der Waals surface area contributed by atoms with E-state index >= 15 is 0 Å². The second-order valence-corrected chi connectivity index (χ2v) is 5.26. The molecule has 3 aromatic rings. The van der Waals surface area contributed by atoms with Gasteiger partial charge in [0.2, 0.25) is 0 Å². The summed E-state index contributed by atoms with van der Waals surface area (Å²) in [6, 6.07) is 15.0. The van der Waals surface area contributed by atoms with E-state index in [0.717, 1.165) is 22.2 Å².